The summed E-state index contributed by atoms with van der Waals surface area (Å²) in [7, 11) is 0. The average molecular weight is 245 g/mol. The minimum atomic E-state index is 0.455. The molecule has 0 aliphatic rings. The number of rotatable bonds is 5. The van der Waals surface area contributed by atoms with Crippen LogP contribution in [0.25, 0.3) is 0 Å². The van der Waals surface area contributed by atoms with Crippen LogP contribution in [0.4, 0.5) is 0 Å². The van der Waals surface area contributed by atoms with Gasteiger partial charge in [-0.25, -0.2) is 4.98 Å². The normalized spacial score (nSPS) is 10.6. The molecule has 0 saturated heterocycles. The van der Waals surface area contributed by atoms with Crippen molar-refractivity contribution in [1.29, 1.82) is 0 Å². The molecule has 0 radical (unpaired) electrons. The van der Waals surface area contributed by atoms with Crippen LogP contribution in [0.3, 0.4) is 0 Å². The molecular weight excluding hydrogens is 226 g/mol. The first-order valence-corrected chi connectivity index (χ1v) is 6.12. The maximum absolute atomic E-state index is 5.82. The van der Waals surface area contributed by atoms with E-state index in [2.05, 4.69) is 9.97 Å². The molecule has 4 nitrogen and oxygen atoms in total. The predicted molar refractivity (Wildman–Crippen MR) is 71.6 cm³/mol. The number of aromatic nitrogens is 2. The van der Waals surface area contributed by atoms with Gasteiger partial charge in [0.25, 0.3) is 0 Å². The van der Waals surface area contributed by atoms with Gasteiger partial charge in [0.05, 0.1) is 0 Å². The molecule has 0 bridgehead atoms. The van der Waals surface area contributed by atoms with Crippen LogP contribution in [-0.4, -0.2) is 16.5 Å². The number of H-pyrrole nitrogens is 1. The summed E-state index contributed by atoms with van der Waals surface area (Å²) in [6, 6.07) is 6.12. The van der Waals surface area contributed by atoms with Gasteiger partial charge in [-0.1, -0.05) is 18.2 Å². The molecule has 3 N–H and O–H groups in total. The zero-order chi connectivity index (χ0) is 13.0. The smallest absolute Gasteiger partial charge is 0.146 e. The Balaban J connectivity index is 2.02. The topological polar surface area (TPSA) is 63.9 Å². The molecular formula is C14H19N3O. The summed E-state index contributed by atoms with van der Waals surface area (Å²) in [5.41, 5.74) is 8.83. The van der Waals surface area contributed by atoms with E-state index in [4.69, 9.17) is 10.5 Å². The number of nitrogens with one attached hydrogen (secondary N) is 1. The van der Waals surface area contributed by atoms with Crippen molar-refractivity contribution in [3.05, 3.63) is 47.0 Å². The van der Waals surface area contributed by atoms with E-state index in [1.807, 2.05) is 38.2 Å². The Hall–Kier alpha value is -1.81. The molecule has 0 saturated carbocycles. The zero-order valence-electron chi connectivity index (χ0n) is 10.9. The van der Waals surface area contributed by atoms with Crippen LogP contribution in [0.15, 0.2) is 24.4 Å². The monoisotopic (exact) mass is 245 g/mol. The van der Waals surface area contributed by atoms with Crippen LogP contribution in [0.1, 0.15) is 22.6 Å². The lowest BCUT2D eigenvalue weighted by molar-refractivity contribution is 0.293. The van der Waals surface area contributed by atoms with E-state index in [1.54, 1.807) is 0 Å². The van der Waals surface area contributed by atoms with Gasteiger partial charge in [0, 0.05) is 18.3 Å². The van der Waals surface area contributed by atoms with Crippen LogP contribution < -0.4 is 10.5 Å². The third kappa shape index (κ3) is 2.90. The second-order valence-corrected chi connectivity index (χ2v) is 4.40. The molecule has 1 heterocycles. The van der Waals surface area contributed by atoms with Crippen LogP contribution >= 0.6 is 0 Å². The summed E-state index contributed by atoms with van der Waals surface area (Å²) in [5.74, 6) is 1.77. The highest BCUT2D eigenvalue weighted by Gasteiger charge is 2.05. The largest absolute Gasteiger partial charge is 0.485 e. The van der Waals surface area contributed by atoms with Gasteiger partial charge < -0.3 is 15.5 Å². The van der Waals surface area contributed by atoms with Crippen molar-refractivity contribution in [2.75, 3.05) is 6.54 Å². The number of aromatic amines is 1. The molecule has 0 aliphatic carbocycles. The highest BCUT2D eigenvalue weighted by Crippen LogP contribution is 2.22. The van der Waals surface area contributed by atoms with Crippen LogP contribution in [0, 0.1) is 13.8 Å². The molecule has 1 aromatic carbocycles. The average Bonchev–Trinajstić information content (AvgIpc) is 2.77. The Morgan fingerprint density at radius 3 is 2.67 bits per heavy atom. The summed E-state index contributed by atoms with van der Waals surface area (Å²) in [6.45, 7) is 5.17. The van der Waals surface area contributed by atoms with E-state index in [0.717, 1.165) is 34.8 Å². The number of ether oxygens (including phenoxy) is 1. The SMILES string of the molecule is Cc1cccc(C)c1OCc1ncc(CCN)[nH]1. The number of nitrogens with two attached hydrogens (primary N) is 1. The van der Waals surface area contributed by atoms with Gasteiger partial charge in [-0.15, -0.1) is 0 Å². The molecule has 4 heteroatoms. The van der Waals surface area contributed by atoms with Gasteiger partial charge in [-0.05, 0) is 31.5 Å². The molecule has 0 amide bonds. The Morgan fingerprint density at radius 2 is 2.00 bits per heavy atom. The summed E-state index contributed by atoms with van der Waals surface area (Å²) >= 11 is 0. The van der Waals surface area contributed by atoms with Crippen molar-refractivity contribution >= 4 is 0 Å². The highest BCUT2D eigenvalue weighted by atomic mass is 16.5. The Morgan fingerprint density at radius 1 is 1.28 bits per heavy atom. The van der Waals surface area contributed by atoms with E-state index >= 15 is 0 Å². The van der Waals surface area contributed by atoms with Crippen molar-refractivity contribution in [3.8, 4) is 5.75 Å². The second kappa shape index (κ2) is 5.69. The summed E-state index contributed by atoms with van der Waals surface area (Å²) in [4.78, 5) is 7.48. The lowest BCUT2D eigenvalue weighted by Gasteiger charge is -2.10. The van der Waals surface area contributed by atoms with Crippen molar-refractivity contribution in [2.45, 2.75) is 26.9 Å². The molecule has 2 rings (SSSR count). The van der Waals surface area contributed by atoms with Crippen molar-refractivity contribution in [3.63, 3.8) is 0 Å². The number of hydrogen-bond donors (Lipinski definition) is 2. The van der Waals surface area contributed by atoms with Crippen LogP contribution in [0.2, 0.25) is 0 Å². The van der Waals surface area contributed by atoms with Crippen molar-refractivity contribution in [1.82, 2.24) is 9.97 Å². The fourth-order valence-electron chi connectivity index (χ4n) is 1.93. The predicted octanol–water partition coefficient (Wildman–Crippen LogP) is 2.11. The van der Waals surface area contributed by atoms with E-state index in [0.29, 0.717) is 13.2 Å². The summed E-state index contributed by atoms with van der Waals surface area (Å²) in [6.07, 6.45) is 2.63. The fraction of sp³-hybridized carbons (Fsp3) is 0.357. The number of hydrogen-bond acceptors (Lipinski definition) is 3. The van der Waals surface area contributed by atoms with Gasteiger partial charge in [0.1, 0.15) is 18.2 Å². The number of benzene rings is 1. The quantitative estimate of drug-likeness (QED) is 0.848. The molecule has 0 atom stereocenters. The standard InChI is InChI=1S/C14H19N3O/c1-10-4-3-5-11(2)14(10)18-9-13-16-8-12(17-13)6-7-15/h3-5,8H,6-7,9,15H2,1-2H3,(H,16,17). The Kier molecular flexibility index (Phi) is 3.99. The Labute approximate surface area is 107 Å². The molecule has 0 unspecified atom stereocenters. The van der Waals surface area contributed by atoms with Gasteiger partial charge in [0.15, 0.2) is 0 Å². The molecule has 0 aliphatic heterocycles. The fourth-order valence-corrected chi connectivity index (χ4v) is 1.93. The molecule has 2 aromatic rings. The third-order valence-electron chi connectivity index (χ3n) is 2.86. The van der Waals surface area contributed by atoms with Gasteiger partial charge in [0.2, 0.25) is 0 Å². The maximum atomic E-state index is 5.82. The van der Waals surface area contributed by atoms with E-state index in [1.165, 1.54) is 0 Å². The first kappa shape index (κ1) is 12.6. The first-order valence-electron chi connectivity index (χ1n) is 6.12. The molecule has 0 fully saturated rings. The number of nitrogens with zero attached hydrogens (tertiary/aromatic N) is 1. The third-order valence-corrected chi connectivity index (χ3v) is 2.86. The molecule has 18 heavy (non-hydrogen) atoms. The van der Waals surface area contributed by atoms with E-state index < -0.39 is 0 Å². The summed E-state index contributed by atoms with van der Waals surface area (Å²) < 4.78 is 5.82. The van der Waals surface area contributed by atoms with Gasteiger partial charge >= 0.3 is 0 Å². The van der Waals surface area contributed by atoms with Crippen molar-refractivity contribution < 1.29 is 4.74 Å². The number of para-hydroxylation sites is 1. The van der Waals surface area contributed by atoms with Crippen LogP contribution in [0.5, 0.6) is 5.75 Å². The second-order valence-electron chi connectivity index (χ2n) is 4.40. The number of aryl methyl sites for hydroxylation is 2. The molecule has 96 valence electrons. The van der Waals surface area contributed by atoms with E-state index in [9.17, 15) is 0 Å². The summed E-state index contributed by atoms with van der Waals surface area (Å²) in [5, 5.41) is 0. The minimum Gasteiger partial charge on any atom is -0.485 e. The molecule has 1 aromatic heterocycles. The highest BCUT2D eigenvalue weighted by molar-refractivity contribution is 5.39. The lowest BCUT2D eigenvalue weighted by atomic mass is 10.1. The van der Waals surface area contributed by atoms with Crippen LogP contribution in [-0.2, 0) is 13.0 Å². The minimum absolute atomic E-state index is 0.455. The van der Waals surface area contributed by atoms with Gasteiger partial charge in [-0.3, -0.25) is 0 Å². The van der Waals surface area contributed by atoms with Crippen molar-refractivity contribution in [2.24, 2.45) is 5.73 Å². The maximum Gasteiger partial charge on any atom is 0.146 e. The number of imidazole rings is 1. The Bertz CT molecular complexity index is 499. The van der Waals surface area contributed by atoms with Gasteiger partial charge in [-0.2, -0.15) is 0 Å². The molecule has 0 spiro atoms. The first-order chi connectivity index (χ1) is 8.70. The lowest BCUT2D eigenvalue weighted by Crippen LogP contribution is -2.04. The zero-order valence-corrected chi connectivity index (χ0v) is 10.9. The van der Waals surface area contributed by atoms with E-state index in [-0.39, 0.29) is 0 Å².